The van der Waals surface area contributed by atoms with Crippen molar-refractivity contribution in [3.05, 3.63) is 0 Å². The summed E-state index contributed by atoms with van der Waals surface area (Å²) < 4.78 is 5.41. The molecule has 1 aliphatic carbocycles. The molecule has 2 atom stereocenters. The van der Waals surface area contributed by atoms with E-state index in [0.717, 1.165) is 13.0 Å². The molecule has 4 heteroatoms. The van der Waals surface area contributed by atoms with Crippen molar-refractivity contribution < 1.29 is 14.6 Å². The summed E-state index contributed by atoms with van der Waals surface area (Å²) in [5.41, 5.74) is -0.621. The normalized spacial score (nSPS) is 42.1. The molecular formula is C13H23NO3. The molecule has 1 saturated carbocycles. The number of carbonyl (C=O) groups excluding carboxylic acids is 1. The van der Waals surface area contributed by atoms with Crippen molar-refractivity contribution in [3.63, 3.8) is 0 Å². The van der Waals surface area contributed by atoms with E-state index in [2.05, 4.69) is 6.92 Å². The Balaban J connectivity index is 1.88. The van der Waals surface area contributed by atoms with Crippen LogP contribution in [0, 0.1) is 11.8 Å². The zero-order valence-electron chi connectivity index (χ0n) is 11.0. The van der Waals surface area contributed by atoms with Crippen LogP contribution in [0.2, 0.25) is 0 Å². The van der Waals surface area contributed by atoms with Gasteiger partial charge >= 0.3 is 0 Å². The van der Waals surface area contributed by atoms with Crippen LogP contribution >= 0.6 is 0 Å². The monoisotopic (exact) mass is 241 g/mol. The van der Waals surface area contributed by atoms with Crippen LogP contribution in [0.15, 0.2) is 0 Å². The molecule has 98 valence electrons. The summed E-state index contributed by atoms with van der Waals surface area (Å²) in [6, 6.07) is 0. The topological polar surface area (TPSA) is 49.8 Å². The number of likely N-dealkylation sites (tertiary alicyclic amines) is 1. The van der Waals surface area contributed by atoms with Gasteiger partial charge in [-0.15, -0.1) is 0 Å². The lowest BCUT2D eigenvalue weighted by atomic mass is 9.71. The fraction of sp³-hybridized carbons (Fsp3) is 0.923. The number of piperidine rings is 1. The fourth-order valence-corrected chi connectivity index (χ4v) is 2.98. The van der Waals surface area contributed by atoms with Gasteiger partial charge in [-0.05, 0) is 32.1 Å². The number of carbonyl (C=O) groups is 1. The van der Waals surface area contributed by atoms with E-state index in [-0.39, 0.29) is 17.9 Å². The molecule has 1 amide bonds. The van der Waals surface area contributed by atoms with Gasteiger partial charge in [0, 0.05) is 26.1 Å². The van der Waals surface area contributed by atoms with Gasteiger partial charge in [0.15, 0.2) is 0 Å². The number of aliphatic hydroxyl groups is 1. The van der Waals surface area contributed by atoms with Crippen molar-refractivity contribution in [2.75, 3.05) is 20.2 Å². The Kier molecular flexibility index (Phi) is 3.46. The predicted octanol–water partition coefficient (Wildman–Crippen LogP) is 1.03. The minimum Gasteiger partial charge on any atom is -0.390 e. The Morgan fingerprint density at radius 1 is 1.47 bits per heavy atom. The minimum absolute atomic E-state index is 0.0240. The van der Waals surface area contributed by atoms with Crippen LogP contribution in [-0.4, -0.2) is 47.8 Å². The fourth-order valence-electron chi connectivity index (χ4n) is 2.98. The molecule has 2 aliphatic rings. The molecule has 1 aliphatic heterocycles. The summed E-state index contributed by atoms with van der Waals surface area (Å²) in [6.45, 7) is 5.50. The molecule has 0 spiro atoms. The number of amides is 1. The molecule has 2 unspecified atom stereocenters. The Morgan fingerprint density at radius 3 is 2.65 bits per heavy atom. The zero-order valence-corrected chi connectivity index (χ0v) is 11.0. The van der Waals surface area contributed by atoms with Gasteiger partial charge in [-0.3, -0.25) is 4.79 Å². The number of rotatable bonds is 2. The minimum atomic E-state index is -0.621. The van der Waals surface area contributed by atoms with Crippen molar-refractivity contribution >= 4 is 5.91 Å². The van der Waals surface area contributed by atoms with E-state index in [0.29, 0.717) is 25.3 Å². The molecule has 1 N–H and O–H groups in total. The number of ether oxygens (including phenoxy) is 1. The first-order valence-corrected chi connectivity index (χ1v) is 6.47. The number of nitrogens with zero attached hydrogens (tertiary/aromatic N) is 1. The maximum Gasteiger partial charge on any atom is 0.225 e. The molecule has 0 radical (unpaired) electrons. The number of hydrogen-bond donors (Lipinski definition) is 1. The van der Waals surface area contributed by atoms with Gasteiger partial charge < -0.3 is 14.7 Å². The first-order valence-electron chi connectivity index (χ1n) is 6.47. The second-order valence-corrected chi connectivity index (χ2v) is 5.93. The Bertz CT molecular complexity index is 295. The van der Waals surface area contributed by atoms with E-state index in [4.69, 9.17) is 4.74 Å². The lowest BCUT2D eigenvalue weighted by Gasteiger charge is -2.44. The Hall–Kier alpha value is -0.610. The quantitative estimate of drug-likeness (QED) is 0.785. The first-order chi connectivity index (χ1) is 7.93. The van der Waals surface area contributed by atoms with Crippen LogP contribution in [0.4, 0.5) is 0 Å². The second-order valence-electron chi connectivity index (χ2n) is 5.93. The summed E-state index contributed by atoms with van der Waals surface area (Å²) in [4.78, 5) is 14.1. The van der Waals surface area contributed by atoms with Gasteiger partial charge in [-0.2, -0.15) is 0 Å². The molecule has 4 nitrogen and oxygen atoms in total. The lowest BCUT2D eigenvalue weighted by Crippen LogP contribution is -2.53. The van der Waals surface area contributed by atoms with Gasteiger partial charge in [0.05, 0.1) is 11.7 Å². The highest BCUT2D eigenvalue weighted by atomic mass is 16.5. The molecule has 0 aromatic heterocycles. The van der Waals surface area contributed by atoms with E-state index < -0.39 is 5.60 Å². The molecule has 17 heavy (non-hydrogen) atoms. The van der Waals surface area contributed by atoms with Crippen molar-refractivity contribution in [3.8, 4) is 0 Å². The highest BCUT2D eigenvalue weighted by molar-refractivity contribution is 5.80. The molecule has 1 saturated heterocycles. The van der Waals surface area contributed by atoms with Crippen LogP contribution in [0.1, 0.15) is 33.1 Å². The largest absolute Gasteiger partial charge is 0.390 e. The predicted molar refractivity (Wildman–Crippen MR) is 64.5 cm³/mol. The average Bonchev–Trinajstić information content (AvgIpc) is 2.25. The van der Waals surface area contributed by atoms with Crippen molar-refractivity contribution in [1.82, 2.24) is 4.90 Å². The molecule has 0 aromatic rings. The summed E-state index contributed by atoms with van der Waals surface area (Å²) in [7, 11) is 1.71. The summed E-state index contributed by atoms with van der Waals surface area (Å²) in [5, 5.41) is 9.68. The smallest absolute Gasteiger partial charge is 0.225 e. The zero-order chi connectivity index (χ0) is 12.6. The molecule has 0 bridgehead atoms. The van der Waals surface area contributed by atoms with Crippen LogP contribution < -0.4 is 0 Å². The van der Waals surface area contributed by atoms with Crippen molar-refractivity contribution in [2.24, 2.45) is 11.8 Å². The molecular weight excluding hydrogens is 218 g/mol. The van der Waals surface area contributed by atoms with E-state index in [1.165, 1.54) is 0 Å². The second kappa shape index (κ2) is 4.58. The molecule has 0 aromatic carbocycles. The first kappa shape index (κ1) is 12.8. The van der Waals surface area contributed by atoms with Gasteiger partial charge in [0.25, 0.3) is 0 Å². The van der Waals surface area contributed by atoms with Crippen LogP contribution in [0.5, 0.6) is 0 Å². The third-order valence-electron chi connectivity index (χ3n) is 4.23. The maximum atomic E-state index is 12.2. The van der Waals surface area contributed by atoms with E-state index in [1.54, 1.807) is 14.0 Å². The maximum absolute atomic E-state index is 12.2. The van der Waals surface area contributed by atoms with Gasteiger partial charge in [-0.1, -0.05) is 6.92 Å². The average molecular weight is 241 g/mol. The standard InChI is InChI=1S/C13H23NO3/c1-9-4-5-14(8-11(9)17-3)12(15)10-6-13(2,16)7-10/h9-11,16H,4-8H2,1-3H3. The molecule has 2 rings (SSSR count). The summed E-state index contributed by atoms with van der Waals surface area (Å²) >= 11 is 0. The highest BCUT2D eigenvalue weighted by Crippen LogP contribution is 2.38. The molecule has 1 heterocycles. The Labute approximate surface area is 103 Å². The van der Waals surface area contributed by atoms with Crippen LogP contribution in [0.25, 0.3) is 0 Å². The Morgan fingerprint density at radius 2 is 2.12 bits per heavy atom. The lowest BCUT2D eigenvalue weighted by molar-refractivity contribution is -0.154. The molecule has 2 fully saturated rings. The van der Waals surface area contributed by atoms with Crippen molar-refractivity contribution in [1.29, 1.82) is 0 Å². The third-order valence-corrected chi connectivity index (χ3v) is 4.23. The van der Waals surface area contributed by atoms with Crippen LogP contribution in [0.3, 0.4) is 0 Å². The van der Waals surface area contributed by atoms with E-state index in [9.17, 15) is 9.90 Å². The summed E-state index contributed by atoms with van der Waals surface area (Å²) in [6.07, 6.45) is 2.38. The highest BCUT2D eigenvalue weighted by Gasteiger charge is 2.44. The van der Waals surface area contributed by atoms with E-state index >= 15 is 0 Å². The van der Waals surface area contributed by atoms with Crippen molar-refractivity contribution in [2.45, 2.75) is 44.8 Å². The number of methoxy groups -OCH3 is 1. The number of hydrogen-bond acceptors (Lipinski definition) is 3. The van der Waals surface area contributed by atoms with Crippen LogP contribution in [-0.2, 0) is 9.53 Å². The van der Waals surface area contributed by atoms with E-state index in [1.807, 2.05) is 4.90 Å². The van der Waals surface area contributed by atoms with Gasteiger partial charge in [0.1, 0.15) is 0 Å². The third kappa shape index (κ3) is 2.63. The van der Waals surface area contributed by atoms with Gasteiger partial charge in [-0.25, -0.2) is 0 Å². The van der Waals surface area contributed by atoms with Gasteiger partial charge in [0.2, 0.25) is 5.91 Å². The summed E-state index contributed by atoms with van der Waals surface area (Å²) in [5.74, 6) is 0.745. The SMILES string of the molecule is COC1CN(C(=O)C2CC(C)(O)C2)CCC1C.